The van der Waals surface area contributed by atoms with Crippen molar-refractivity contribution in [3.8, 4) is 22.6 Å². The van der Waals surface area contributed by atoms with Crippen molar-refractivity contribution < 1.29 is 9.47 Å². The third-order valence-corrected chi connectivity index (χ3v) is 4.01. The first kappa shape index (κ1) is 14.7. The monoisotopic (exact) mass is 291 g/mol. The summed E-state index contributed by atoms with van der Waals surface area (Å²) in [6.45, 7) is 9.33. The summed E-state index contributed by atoms with van der Waals surface area (Å²) in [5.41, 5.74) is 9.10. The smallest absolute Gasteiger partial charge is 0.163 e. The van der Waals surface area contributed by atoms with Crippen LogP contribution in [0.15, 0.2) is 18.2 Å². The van der Waals surface area contributed by atoms with Gasteiger partial charge in [-0.3, -0.25) is 0 Å². The van der Waals surface area contributed by atoms with E-state index < -0.39 is 0 Å². The maximum Gasteiger partial charge on any atom is 0.163 e. The lowest BCUT2D eigenvalue weighted by molar-refractivity contribution is 0.288. The molecule has 4 heteroatoms. The van der Waals surface area contributed by atoms with E-state index in [1.807, 2.05) is 26.0 Å². The molecule has 0 aliphatic carbocycles. The summed E-state index contributed by atoms with van der Waals surface area (Å²) in [7, 11) is 0. The number of aryl methyl sites for hydroxylation is 2. The van der Waals surface area contributed by atoms with E-state index in [2.05, 4.69) is 19.9 Å². The van der Waals surface area contributed by atoms with Gasteiger partial charge in [0.25, 0.3) is 0 Å². The molecule has 2 rings (SSSR count). The first-order valence-corrected chi connectivity index (χ1v) is 7.65. The number of nitrogens with two attached hydrogens (primary N) is 1. The van der Waals surface area contributed by atoms with Crippen LogP contribution in [0.4, 0.5) is 5.69 Å². The normalized spacial score (nSPS) is 10.6. The van der Waals surface area contributed by atoms with Gasteiger partial charge in [0.2, 0.25) is 0 Å². The van der Waals surface area contributed by atoms with Crippen molar-refractivity contribution in [3.63, 3.8) is 0 Å². The van der Waals surface area contributed by atoms with Gasteiger partial charge in [0.15, 0.2) is 11.5 Å². The molecule has 0 saturated heterocycles. The molecule has 2 N–H and O–H groups in total. The topological polar surface area (TPSA) is 44.5 Å². The Morgan fingerprint density at radius 3 is 2.05 bits per heavy atom. The van der Waals surface area contributed by atoms with Crippen LogP contribution in [-0.2, 0) is 0 Å². The zero-order chi connectivity index (χ0) is 14.7. The van der Waals surface area contributed by atoms with Gasteiger partial charge in [-0.15, -0.1) is 11.3 Å². The van der Waals surface area contributed by atoms with E-state index in [0.717, 1.165) is 17.0 Å². The highest BCUT2D eigenvalue weighted by Gasteiger charge is 2.14. The van der Waals surface area contributed by atoms with Crippen molar-refractivity contribution in [3.05, 3.63) is 28.0 Å². The van der Waals surface area contributed by atoms with Crippen LogP contribution in [0.5, 0.6) is 11.5 Å². The Morgan fingerprint density at radius 2 is 1.55 bits per heavy atom. The Morgan fingerprint density at radius 1 is 0.950 bits per heavy atom. The number of thiophene rings is 1. The maximum atomic E-state index is 6.20. The van der Waals surface area contributed by atoms with Crippen molar-refractivity contribution >= 4 is 17.0 Å². The van der Waals surface area contributed by atoms with Crippen LogP contribution >= 0.6 is 11.3 Å². The van der Waals surface area contributed by atoms with Crippen molar-refractivity contribution in [2.75, 3.05) is 18.9 Å². The molecule has 0 bridgehead atoms. The zero-order valence-corrected chi connectivity index (χ0v) is 13.3. The van der Waals surface area contributed by atoms with E-state index >= 15 is 0 Å². The average Bonchev–Trinajstić information content (AvgIpc) is 2.72. The molecule has 0 aliphatic heterocycles. The van der Waals surface area contributed by atoms with Crippen molar-refractivity contribution in [2.24, 2.45) is 0 Å². The van der Waals surface area contributed by atoms with E-state index in [1.165, 1.54) is 15.3 Å². The van der Waals surface area contributed by atoms with Crippen LogP contribution in [-0.4, -0.2) is 13.2 Å². The fraction of sp³-hybridized carbons (Fsp3) is 0.375. The van der Waals surface area contributed by atoms with Crippen LogP contribution < -0.4 is 15.2 Å². The lowest BCUT2D eigenvalue weighted by Crippen LogP contribution is -2.01. The van der Waals surface area contributed by atoms with Gasteiger partial charge in [0.05, 0.1) is 13.2 Å². The number of hydrogen-bond acceptors (Lipinski definition) is 4. The molecule has 0 saturated carbocycles. The molecule has 1 aromatic heterocycles. The maximum absolute atomic E-state index is 6.20. The van der Waals surface area contributed by atoms with Crippen LogP contribution in [0.3, 0.4) is 0 Å². The Bertz CT molecular complexity index is 605. The minimum Gasteiger partial charge on any atom is -0.490 e. The molecule has 20 heavy (non-hydrogen) atoms. The number of anilines is 1. The summed E-state index contributed by atoms with van der Waals surface area (Å²) in [6.07, 6.45) is 0. The van der Waals surface area contributed by atoms with E-state index in [0.29, 0.717) is 19.0 Å². The predicted octanol–water partition coefficient (Wildman–Crippen LogP) is 4.41. The number of benzene rings is 1. The SMILES string of the molecule is CCOc1cc(N)c(-c2cc(C)sc2C)cc1OCC. The Hall–Kier alpha value is -1.68. The molecule has 1 heterocycles. The highest BCUT2D eigenvalue weighted by molar-refractivity contribution is 7.12. The highest BCUT2D eigenvalue weighted by atomic mass is 32.1. The summed E-state index contributed by atoms with van der Waals surface area (Å²) in [5.74, 6) is 1.46. The lowest BCUT2D eigenvalue weighted by Gasteiger charge is -2.14. The Balaban J connectivity index is 2.53. The average molecular weight is 291 g/mol. The zero-order valence-electron chi connectivity index (χ0n) is 12.4. The van der Waals surface area contributed by atoms with E-state index in [9.17, 15) is 0 Å². The molecule has 3 nitrogen and oxygen atoms in total. The molecule has 2 aromatic rings. The van der Waals surface area contributed by atoms with Gasteiger partial charge in [-0.1, -0.05) is 0 Å². The molecule has 0 spiro atoms. The van der Waals surface area contributed by atoms with Crippen molar-refractivity contribution in [1.29, 1.82) is 0 Å². The molecule has 0 amide bonds. The lowest BCUT2D eigenvalue weighted by atomic mass is 10.0. The van der Waals surface area contributed by atoms with E-state index in [1.54, 1.807) is 11.3 Å². The van der Waals surface area contributed by atoms with E-state index in [4.69, 9.17) is 15.2 Å². The number of nitrogen functional groups attached to an aromatic ring is 1. The third kappa shape index (κ3) is 2.90. The van der Waals surface area contributed by atoms with Gasteiger partial charge in [0.1, 0.15) is 0 Å². The number of ether oxygens (including phenoxy) is 2. The van der Waals surface area contributed by atoms with Crippen LogP contribution in [0.25, 0.3) is 11.1 Å². The van der Waals surface area contributed by atoms with Gasteiger partial charge >= 0.3 is 0 Å². The second-order valence-electron chi connectivity index (χ2n) is 4.58. The van der Waals surface area contributed by atoms with Gasteiger partial charge in [-0.2, -0.15) is 0 Å². The van der Waals surface area contributed by atoms with Crippen molar-refractivity contribution in [1.82, 2.24) is 0 Å². The molecule has 0 aliphatic rings. The summed E-state index contributed by atoms with van der Waals surface area (Å²) >= 11 is 1.78. The predicted molar refractivity (Wildman–Crippen MR) is 86.0 cm³/mol. The fourth-order valence-corrected chi connectivity index (χ4v) is 3.18. The van der Waals surface area contributed by atoms with Gasteiger partial charge < -0.3 is 15.2 Å². The van der Waals surface area contributed by atoms with Gasteiger partial charge in [-0.05, 0) is 45.4 Å². The Kier molecular flexibility index (Phi) is 4.55. The minimum atomic E-state index is 0.593. The van der Waals surface area contributed by atoms with Crippen molar-refractivity contribution in [2.45, 2.75) is 27.7 Å². The van der Waals surface area contributed by atoms with Gasteiger partial charge in [-0.25, -0.2) is 0 Å². The molecular formula is C16H21NO2S. The highest BCUT2D eigenvalue weighted by Crippen LogP contribution is 2.40. The van der Waals surface area contributed by atoms with E-state index in [-0.39, 0.29) is 0 Å². The second kappa shape index (κ2) is 6.18. The standard InChI is InChI=1S/C16H21NO2S/c1-5-18-15-8-13(12-7-10(3)20-11(12)4)14(17)9-16(15)19-6-2/h7-9H,5-6,17H2,1-4H3. The molecule has 1 aromatic carbocycles. The first-order chi connectivity index (χ1) is 9.56. The third-order valence-electron chi connectivity index (χ3n) is 3.05. The van der Waals surface area contributed by atoms with Crippen LogP contribution in [0.2, 0.25) is 0 Å². The second-order valence-corrected chi connectivity index (χ2v) is 6.04. The molecule has 0 radical (unpaired) electrons. The molecule has 108 valence electrons. The fourth-order valence-electron chi connectivity index (χ4n) is 2.24. The largest absolute Gasteiger partial charge is 0.490 e. The minimum absolute atomic E-state index is 0.593. The number of rotatable bonds is 5. The summed E-state index contributed by atoms with van der Waals surface area (Å²) < 4.78 is 11.3. The van der Waals surface area contributed by atoms with Gasteiger partial charge in [0, 0.05) is 27.1 Å². The van der Waals surface area contributed by atoms with Crippen LogP contribution in [0, 0.1) is 13.8 Å². The molecule has 0 atom stereocenters. The van der Waals surface area contributed by atoms with Crippen LogP contribution in [0.1, 0.15) is 23.6 Å². The summed E-state index contributed by atoms with van der Waals surface area (Å²) in [4.78, 5) is 2.55. The first-order valence-electron chi connectivity index (χ1n) is 6.83. The Labute approximate surface area is 124 Å². The summed E-state index contributed by atoms with van der Waals surface area (Å²) in [6, 6.07) is 6.01. The number of hydrogen-bond donors (Lipinski definition) is 1. The molecule has 0 fully saturated rings. The molecule has 0 unspecified atom stereocenters. The summed E-state index contributed by atoms with van der Waals surface area (Å²) in [5, 5.41) is 0. The molecular weight excluding hydrogens is 270 g/mol. The quantitative estimate of drug-likeness (QED) is 0.830.